The molecule has 1 aliphatic rings. The largest absolute Gasteiger partial charge is 0.501 e. The molecule has 0 atom stereocenters. The molecular weight excluding hydrogens is 235 g/mol. The molecule has 2 heterocycles. The first-order valence-corrected chi connectivity index (χ1v) is 5.74. The van der Waals surface area contributed by atoms with E-state index in [1.54, 1.807) is 6.20 Å². The van der Waals surface area contributed by atoms with E-state index in [1.165, 1.54) is 14.2 Å². The van der Waals surface area contributed by atoms with Crippen LogP contribution in [0.5, 0.6) is 11.9 Å². The molecule has 1 aliphatic heterocycles. The maximum atomic E-state index is 5.67. The average Bonchev–Trinajstić information content (AvgIpc) is 2.38. The minimum atomic E-state index is -0.487. The monoisotopic (exact) mass is 252 g/mol. The number of nitrogens with zero attached hydrogens (tertiary/aromatic N) is 2. The van der Waals surface area contributed by atoms with Gasteiger partial charge in [0.25, 0.3) is 0 Å². The standard InChI is InChI=1S/C11H17BN2O4/c1-11(2)6-17-12(18-7-11)8-5-13-10(16-4)14-9(8)15-3/h5H,6-7H2,1-4H3. The van der Waals surface area contributed by atoms with Gasteiger partial charge in [-0.1, -0.05) is 13.8 Å². The molecule has 0 aliphatic carbocycles. The zero-order valence-corrected chi connectivity index (χ0v) is 11.1. The van der Waals surface area contributed by atoms with Gasteiger partial charge in [0.2, 0.25) is 5.88 Å². The van der Waals surface area contributed by atoms with Gasteiger partial charge < -0.3 is 18.8 Å². The average molecular weight is 252 g/mol. The Morgan fingerprint density at radius 3 is 2.44 bits per heavy atom. The molecule has 0 amide bonds. The first kappa shape index (κ1) is 13.1. The minimum absolute atomic E-state index is 0.0249. The highest BCUT2D eigenvalue weighted by Gasteiger charge is 2.36. The Labute approximate surface area is 107 Å². The van der Waals surface area contributed by atoms with E-state index in [0.29, 0.717) is 24.6 Å². The number of rotatable bonds is 3. The summed E-state index contributed by atoms with van der Waals surface area (Å²) in [6, 6.07) is 0.256. The van der Waals surface area contributed by atoms with Gasteiger partial charge >= 0.3 is 13.1 Å². The second kappa shape index (κ2) is 5.11. The molecule has 0 aromatic carbocycles. The summed E-state index contributed by atoms with van der Waals surface area (Å²) in [6.07, 6.45) is 1.60. The first-order chi connectivity index (χ1) is 8.55. The van der Waals surface area contributed by atoms with Gasteiger partial charge in [0.05, 0.1) is 19.7 Å². The normalized spacial score (nSPS) is 18.6. The smallest absolute Gasteiger partial charge is 0.481 e. The Hall–Kier alpha value is -1.34. The van der Waals surface area contributed by atoms with E-state index >= 15 is 0 Å². The molecule has 1 saturated heterocycles. The predicted molar refractivity (Wildman–Crippen MR) is 66.2 cm³/mol. The summed E-state index contributed by atoms with van der Waals surface area (Å²) in [5.41, 5.74) is 0.700. The molecule has 0 radical (unpaired) electrons. The summed E-state index contributed by atoms with van der Waals surface area (Å²) < 4.78 is 21.5. The maximum absolute atomic E-state index is 5.67. The third kappa shape index (κ3) is 2.73. The van der Waals surface area contributed by atoms with Crippen LogP contribution in [0.25, 0.3) is 0 Å². The molecule has 1 fully saturated rings. The molecule has 0 N–H and O–H groups in total. The third-order valence-corrected chi connectivity index (χ3v) is 2.64. The topological polar surface area (TPSA) is 62.7 Å². The highest BCUT2D eigenvalue weighted by molar-refractivity contribution is 6.62. The molecule has 2 rings (SSSR count). The van der Waals surface area contributed by atoms with Crippen molar-refractivity contribution in [3.8, 4) is 11.9 Å². The van der Waals surface area contributed by atoms with E-state index in [-0.39, 0.29) is 11.4 Å². The lowest BCUT2D eigenvalue weighted by atomic mass is 9.77. The highest BCUT2D eigenvalue weighted by Crippen LogP contribution is 2.22. The predicted octanol–water partition coefficient (Wildman–Crippen LogP) is 0.262. The Balaban J connectivity index is 2.18. The molecule has 1 aromatic heterocycles. The SMILES string of the molecule is COc1ncc(B2OCC(C)(C)CO2)c(OC)n1. The third-order valence-electron chi connectivity index (χ3n) is 2.64. The number of ether oxygens (including phenoxy) is 2. The van der Waals surface area contributed by atoms with Crippen LogP contribution in [0.1, 0.15) is 13.8 Å². The fourth-order valence-electron chi connectivity index (χ4n) is 1.66. The Morgan fingerprint density at radius 2 is 1.89 bits per heavy atom. The van der Waals surface area contributed by atoms with Gasteiger partial charge in [-0.2, -0.15) is 4.98 Å². The molecule has 6 nitrogen and oxygen atoms in total. The van der Waals surface area contributed by atoms with E-state index in [1.807, 2.05) is 0 Å². The number of methoxy groups -OCH3 is 2. The molecule has 1 aromatic rings. The molecular formula is C11H17BN2O4. The van der Waals surface area contributed by atoms with Crippen molar-refractivity contribution in [2.75, 3.05) is 27.4 Å². The van der Waals surface area contributed by atoms with Crippen LogP contribution >= 0.6 is 0 Å². The van der Waals surface area contributed by atoms with E-state index in [4.69, 9.17) is 18.8 Å². The van der Waals surface area contributed by atoms with Gasteiger partial charge in [-0.05, 0) is 0 Å². The van der Waals surface area contributed by atoms with Crippen LogP contribution in [0.15, 0.2) is 6.20 Å². The lowest BCUT2D eigenvalue weighted by Gasteiger charge is -2.33. The van der Waals surface area contributed by atoms with Crippen molar-refractivity contribution in [3.63, 3.8) is 0 Å². The van der Waals surface area contributed by atoms with Crippen LogP contribution in [0.3, 0.4) is 0 Å². The van der Waals surface area contributed by atoms with Crippen LogP contribution in [0.4, 0.5) is 0 Å². The lowest BCUT2D eigenvalue weighted by Crippen LogP contribution is -2.48. The number of hydrogen-bond donors (Lipinski definition) is 0. The summed E-state index contributed by atoms with van der Waals surface area (Å²) in [4.78, 5) is 8.15. The van der Waals surface area contributed by atoms with Crippen molar-refractivity contribution in [1.82, 2.24) is 9.97 Å². The molecule has 0 spiro atoms. The van der Waals surface area contributed by atoms with Crippen molar-refractivity contribution in [2.24, 2.45) is 5.41 Å². The zero-order chi connectivity index (χ0) is 13.2. The summed E-state index contributed by atoms with van der Waals surface area (Å²) in [7, 11) is 2.56. The fraction of sp³-hybridized carbons (Fsp3) is 0.636. The van der Waals surface area contributed by atoms with Gasteiger partial charge in [0.15, 0.2) is 0 Å². The molecule has 7 heteroatoms. The molecule has 18 heavy (non-hydrogen) atoms. The Morgan fingerprint density at radius 1 is 1.22 bits per heavy atom. The molecule has 98 valence electrons. The van der Waals surface area contributed by atoms with Crippen molar-refractivity contribution in [2.45, 2.75) is 13.8 Å². The highest BCUT2D eigenvalue weighted by atomic mass is 16.6. The molecule has 0 saturated carbocycles. The summed E-state index contributed by atoms with van der Waals surface area (Å²) >= 11 is 0. The zero-order valence-electron chi connectivity index (χ0n) is 11.1. The van der Waals surface area contributed by atoms with E-state index < -0.39 is 7.12 Å². The van der Waals surface area contributed by atoms with Gasteiger partial charge in [-0.25, -0.2) is 4.98 Å². The van der Waals surface area contributed by atoms with Gasteiger partial charge in [-0.3, -0.25) is 0 Å². The van der Waals surface area contributed by atoms with Crippen LogP contribution in [-0.2, 0) is 9.31 Å². The number of aromatic nitrogens is 2. The van der Waals surface area contributed by atoms with Crippen molar-refractivity contribution < 1.29 is 18.8 Å². The van der Waals surface area contributed by atoms with Crippen LogP contribution < -0.4 is 14.9 Å². The second-order valence-corrected chi connectivity index (χ2v) is 4.94. The quantitative estimate of drug-likeness (QED) is 0.719. The van der Waals surface area contributed by atoms with Crippen molar-refractivity contribution in [3.05, 3.63) is 6.20 Å². The van der Waals surface area contributed by atoms with E-state index in [0.717, 1.165) is 0 Å². The van der Waals surface area contributed by atoms with E-state index in [2.05, 4.69) is 23.8 Å². The Bertz CT molecular complexity index is 418. The van der Waals surface area contributed by atoms with Gasteiger partial charge in [-0.15, -0.1) is 0 Å². The van der Waals surface area contributed by atoms with E-state index in [9.17, 15) is 0 Å². The summed E-state index contributed by atoms with van der Waals surface area (Å²) in [5, 5.41) is 0. The minimum Gasteiger partial charge on any atom is -0.481 e. The van der Waals surface area contributed by atoms with Gasteiger partial charge in [0, 0.05) is 24.8 Å². The van der Waals surface area contributed by atoms with Crippen LogP contribution in [-0.4, -0.2) is 44.5 Å². The first-order valence-electron chi connectivity index (χ1n) is 5.74. The number of hydrogen-bond acceptors (Lipinski definition) is 6. The van der Waals surface area contributed by atoms with Crippen LogP contribution in [0.2, 0.25) is 0 Å². The maximum Gasteiger partial charge on any atom is 0.501 e. The lowest BCUT2D eigenvalue weighted by molar-refractivity contribution is 0.0340. The van der Waals surface area contributed by atoms with Crippen LogP contribution in [0, 0.1) is 5.41 Å². The van der Waals surface area contributed by atoms with Crippen molar-refractivity contribution >= 4 is 12.6 Å². The summed E-state index contributed by atoms with van der Waals surface area (Å²) in [6.45, 7) is 5.41. The summed E-state index contributed by atoms with van der Waals surface area (Å²) in [5.74, 6) is 0.409. The molecule has 0 unspecified atom stereocenters. The van der Waals surface area contributed by atoms with Gasteiger partial charge in [0.1, 0.15) is 0 Å². The fourth-order valence-corrected chi connectivity index (χ4v) is 1.66. The Kier molecular flexibility index (Phi) is 3.72. The van der Waals surface area contributed by atoms with Crippen molar-refractivity contribution in [1.29, 1.82) is 0 Å². The molecule has 0 bridgehead atoms. The second-order valence-electron chi connectivity index (χ2n) is 4.94.